The summed E-state index contributed by atoms with van der Waals surface area (Å²) in [4.78, 5) is 0. The Morgan fingerprint density at radius 3 is 2.93 bits per heavy atom. The van der Waals surface area contributed by atoms with E-state index in [0.29, 0.717) is 5.75 Å². The maximum Gasteiger partial charge on any atom is 0.151 e. The van der Waals surface area contributed by atoms with Gasteiger partial charge in [0.1, 0.15) is 0 Å². The van der Waals surface area contributed by atoms with Gasteiger partial charge < -0.3 is 9.88 Å². The lowest BCUT2D eigenvalue weighted by molar-refractivity contribution is 0.541. The van der Waals surface area contributed by atoms with E-state index in [9.17, 15) is 8.42 Å². The third-order valence-electron chi connectivity index (χ3n) is 2.86. The number of nitrogens with zero attached hydrogens (tertiary/aromatic N) is 1. The molecule has 2 rings (SSSR count). The molecule has 1 fully saturated rings. The van der Waals surface area contributed by atoms with Crippen molar-refractivity contribution in [3.63, 3.8) is 0 Å². The van der Waals surface area contributed by atoms with Gasteiger partial charge in [-0.3, -0.25) is 0 Å². The molecule has 1 N–H and O–H groups in total. The van der Waals surface area contributed by atoms with Crippen LogP contribution in [0.4, 0.5) is 0 Å². The molecule has 0 saturated carbocycles. The van der Waals surface area contributed by atoms with Crippen LogP contribution in [-0.2, 0) is 23.4 Å². The Balaban J connectivity index is 1.88. The molecule has 1 unspecified atom stereocenters. The molecule has 2 heterocycles. The van der Waals surface area contributed by atoms with E-state index in [1.807, 2.05) is 29.9 Å². The average Bonchev–Trinajstić information content (AvgIpc) is 2.69. The van der Waals surface area contributed by atoms with Gasteiger partial charge in [-0.2, -0.15) is 0 Å². The monoisotopic (exact) mass is 228 g/mol. The van der Waals surface area contributed by atoms with E-state index >= 15 is 0 Å². The van der Waals surface area contributed by atoms with E-state index in [2.05, 4.69) is 5.32 Å². The van der Waals surface area contributed by atoms with E-state index in [1.165, 1.54) is 5.69 Å². The predicted octanol–water partition coefficient (Wildman–Crippen LogP) is 0.302. The first-order valence-electron chi connectivity index (χ1n) is 5.11. The van der Waals surface area contributed by atoms with Gasteiger partial charge >= 0.3 is 0 Å². The van der Waals surface area contributed by atoms with Crippen LogP contribution in [0, 0.1) is 0 Å². The molecule has 5 heteroatoms. The summed E-state index contributed by atoms with van der Waals surface area (Å²) in [5, 5.41) is 3.28. The van der Waals surface area contributed by atoms with Gasteiger partial charge in [0, 0.05) is 31.5 Å². The van der Waals surface area contributed by atoms with Gasteiger partial charge in [0.15, 0.2) is 9.84 Å². The highest BCUT2D eigenvalue weighted by molar-refractivity contribution is 7.91. The molecule has 1 aliphatic rings. The highest BCUT2D eigenvalue weighted by atomic mass is 32.2. The van der Waals surface area contributed by atoms with Crippen LogP contribution in [0.25, 0.3) is 0 Å². The van der Waals surface area contributed by atoms with E-state index in [-0.39, 0.29) is 11.8 Å². The molecule has 1 saturated heterocycles. The fourth-order valence-corrected chi connectivity index (χ4v) is 3.59. The third-order valence-corrected chi connectivity index (χ3v) is 4.62. The first kappa shape index (κ1) is 10.7. The van der Waals surface area contributed by atoms with E-state index in [1.54, 1.807) is 0 Å². The van der Waals surface area contributed by atoms with Crippen LogP contribution in [0.2, 0.25) is 0 Å². The Bertz CT molecular complexity index is 436. The van der Waals surface area contributed by atoms with Gasteiger partial charge in [-0.25, -0.2) is 8.42 Å². The largest absolute Gasteiger partial charge is 0.353 e. The number of aromatic nitrogens is 1. The van der Waals surface area contributed by atoms with Crippen molar-refractivity contribution >= 4 is 9.84 Å². The van der Waals surface area contributed by atoms with Crippen LogP contribution in [0.1, 0.15) is 12.1 Å². The number of aryl methyl sites for hydroxylation is 1. The number of hydrogen-bond donors (Lipinski definition) is 1. The van der Waals surface area contributed by atoms with Gasteiger partial charge in [-0.05, 0) is 18.6 Å². The summed E-state index contributed by atoms with van der Waals surface area (Å²) in [5.74, 6) is 0.620. The molecule has 0 aliphatic carbocycles. The summed E-state index contributed by atoms with van der Waals surface area (Å²) in [6.45, 7) is 0.740. The Labute approximate surface area is 90.2 Å². The smallest absolute Gasteiger partial charge is 0.151 e. The Hall–Kier alpha value is -0.810. The number of sulfone groups is 1. The van der Waals surface area contributed by atoms with Crippen molar-refractivity contribution in [2.75, 3.05) is 11.5 Å². The van der Waals surface area contributed by atoms with Crippen molar-refractivity contribution in [1.82, 2.24) is 9.88 Å². The summed E-state index contributed by atoms with van der Waals surface area (Å²) in [6.07, 6.45) is 2.73. The van der Waals surface area contributed by atoms with Crippen LogP contribution in [-0.4, -0.2) is 30.5 Å². The molecule has 84 valence electrons. The van der Waals surface area contributed by atoms with Gasteiger partial charge in [-0.1, -0.05) is 0 Å². The maximum atomic E-state index is 11.2. The zero-order valence-corrected chi connectivity index (χ0v) is 9.63. The average molecular weight is 228 g/mol. The van der Waals surface area contributed by atoms with Crippen LogP contribution in [0.3, 0.4) is 0 Å². The summed E-state index contributed by atoms with van der Waals surface area (Å²) >= 11 is 0. The summed E-state index contributed by atoms with van der Waals surface area (Å²) in [7, 11) is -0.777. The lowest BCUT2D eigenvalue weighted by Gasteiger charge is -2.10. The van der Waals surface area contributed by atoms with Crippen LogP contribution < -0.4 is 5.32 Å². The Morgan fingerprint density at radius 1 is 1.60 bits per heavy atom. The molecule has 4 nitrogen and oxygen atoms in total. The van der Waals surface area contributed by atoms with Crippen molar-refractivity contribution < 1.29 is 8.42 Å². The molecule has 1 atom stereocenters. The lowest BCUT2D eigenvalue weighted by Crippen LogP contribution is -2.30. The Morgan fingerprint density at radius 2 is 2.40 bits per heavy atom. The summed E-state index contributed by atoms with van der Waals surface area (Å²) in [6, 6.07) is 4.16. The quantitative estimate of drug-likeness (QED) is 0.809. The molecular formula is C10H16N2O2S. The minimum atomic E-state index is -2.77. The molecule has 0 aromatic carbocycles. The summed E-state index contributed by atoms with van der Waals surface area (Å²) in [5.41, 5.74) is 1.18. The van der Waals surface area contributed by atoms with E-state index in [4.69, 9.17) is 0 Å². The fourth-order valence-electron chi connectivity index (χ4n) is 1.89. The van der Waals surface area contributed by atoms with Crippen LogP contribution in [0.15, 0.2) is 18.3 Å². The second kappa shape index (κ2) is 3.98. The topological polar surface area (TPSA) is 51.1 Å². The molecule has 1 aromatic heterocycles. The van der Waals surface area contributed by atoms with Gasteiger partial charge in [0.25, 0.3) is 0 Å². The molecule has 1 aliphatic heterocycles. The first-order valence-corrected chi connectivity index (χ1v) is 6.93. The van der Waals surface area contributed by atoms with Crippen LogP contribution in [0.5, 0.6) is 0 Å². The normalized spacial score (nSPS) is 24.5. The van der Waals surface area contributed by atoms with Gasteiger partial charge in [0.2, 0.25) is 0 Å². The standard InChI is InChI=1S/C10H16N2O2S/c1-12-5-2-3-10(12)7-11-9-4-6-15(13,14)8-9/h2-3,5,9,11H,4,6-8H2,1H3. The SMILES string of the molecule is Cn1cccc1CNC1CCS(=O)(=O)C1. The van der Waals surface area contributed by atoms with E-state index < -0.39 is 9.84 Å². The Kier molecular flexibility index (Phi) is 2.84. The number of hydrogen-bond acceptors (Lipinski definition) is 3. The second-order valence-electron chi connectivity index (χ2n) is 4.09. The lowest BCUT2D eigenvalue weighted by atomic mass is 10.2. The predicted molar refractivity (Wildman–Crippen MR) is 59.3 cm³/mol. The summed E-state index contributed by atoms with van der Waals surface area (Å²) < 4.78 is 24.5. The fraction of sp³-hybridized carbons (Fsp3) is 0.600. The van der Waals surface area contributed by atoms with E-state index in [0.717, 1.165) is 13.0 Å². The van der Waals surface area contributed by atoms with Crippen molar-refractivity contribution in [3.8, 4) is 0 Å². The first-order chi connectivity index (χ1) is 7.07. The van der Waals surface area contributed by atoms with Gasteiger partial charge in [-0.15, -0.1) is 0 Å². The number of rotatable bonds is 3. The molecule has 0 radical (unpaired) electrons. The molecular weight excluding hydrogens is 212 g/mol. The minimum absolute atomic E-state index is 0.130. The molecule has 15 heavy (non-hydrogen) atoms. The van der Waals surface area contributed by atoms with Crippen molar-refractivity contribution in [3.05, 3.63) is 24.0 Å². The maximum absolute atomic E-state index is 11.2. The van der Waals surface area contributed by atoms with Crippen molar-refractivity contribution in [2.45, 2.75) is 19.0 Å². The molecule has 0 bridgehead atoms. The zero-order chi connectivity index (χ0) is 10.9. The highest BCUT2D eigenvalue weighted by Gasteiger charge is 2.27. The molecule has 0 spiro atoms. The minimum Gasteiger partial charge on any atom is -0.353 e. The second-order valence-corrected chi connectivity index (χ2v) is 6.32. The zero-order valence-electron chi connectivity index (χ0n) is 8.81. The third kappa shape index (κ3) is 2.60. The number of nitrogens with one attached hydrogen (secondary N) is 1. The van der Waals surface area contributed by atoms with Crippen molar-refractivity contribution in [1.29, 1.82) is 0 Å². The van der Waals surface area contributed by atoms with Gasteiger partial charge in [0.05, 0.1) is 11.5 Å². The molecule has 1 aromatic rings. The highest BCUT2D eigenvalue weighted by Crippen LogP contribution is 2.12. The van der Waals surface area contributed by atoms with Crippen LogP contribution >= 0.6 is 0 Å². The molecule has 0 amide bonds. The van der Waals surface area contributed by atoms with Crippen molar-refractivity contribution in [2.24, 2.45) is 7.05 Å².